The standard InChI is InChI=1S/C21H21NO3/c1-24-19-9-5-8-16(21(19)25-2)11-13-20(23)22-18-12-10-15-6-3-4-7-17(15)14-18/h3-10,12,14H,11,13H2,1-2H3,(H,22,23). The van der Waals surface area contributed by atoms with Gasteiger partial charge in [0, 0.05) is 12.1 Å². The third-order valence-corrected chi connectivity index (χ3v) is 4.14. The molecule has 3 aromatic rings. The van der Waals surface area contributed by atoms with Gasteiger partial charge in [-0.15, -0.1) is 0 Å². The Hall–Kier alpha value is -3.01. The molecule has 128 valence electrons. The van der Waals surface area contributed by atoms with Gasteiger partial charge in [0.2, 0.25) is 5.91 Å². The molecule has 0 fully saturated rings. The third kappa shape index (κ3) is 3.91. The lowest BCUT2D eigenvalue weighted by Crippen LogP contribution is -2.12. The molecule has 0 unspecified atom stereocenters. The minimum Gasteiger partial charge on any atom is -0.493 e. The lowest BCUT2D eigenvalue weighted by molar-refractivity contribution is -0.116. The number of benzene rings is 3. The number of hydrogen-bond donors (Lipinski definition) is 1. The second-order valence-corrected chi connectivity index (χ2v) is 5.76. The first-order valence-corrected chi connectivity index (χ1v) is 8.20. The van der Waals surface area contributed by atoms with Crippen molar-refractivity contribution in [3.63, 3.8) is 0 Å². The maximum atomic E-state index is 12.3. The molecule has 3 rings (SSSR count). The van der Waals surface area contributed by atoms with E-state index in [1.807, 2.05) is 54.6 Å². The molecule has 25 heavy (non-hydrogen) atoms. The van der Waals surface area contributed by atoms with Gasteiger partial charge >= 0.3 is 0 Å². The average Bonchev–Trinajstić information content (AvgIpc) is 2.65. The average molecular weight is 335 g/mol. The number of para-hydroxylation sites is 1. The van der Waals surface area contributed by atoms with Gasteiger partial charge in [0.1, 0.15) is 0 Å². The number of amides is 1. The fourth-order valence-electron chi connectivity index (χ4n) is 2.89. The smallest absolute Gasteiger partial charge is 0.224 e. The summed E-state index contributed by atoms with van der Waals surface area (Å²) in [7, 11) is 3.21. The number of ether oxygens (including phenoxy) is 2. The number of carbonyl (C=O) groups is 1. The molecule has 0 heterocycles. The number of methoxy groups -OCH3 is 2. The van der Waals surface area contributed by atoms with Crippen LogP contribution in [0.4, 0.5) is 5.69 Å². The molecule has 3 aromatic carbocycles. The van der Waals surface area contributed by atoms with E-state index >= 15 is 0 Å². The van der Waals surface area contributed by atoms with Crippen molar-refractivity contribution in [1.29, 1.82) is 0 Å². The summed E-state index contributed by atoms with van der Waals surface area (Å²) in [5.41, 5.74) is 1.76. The van der Waals surface area contributed by atoms with E-state index in [1.54, 1.807) is 14.2 Å². The zero-order valence-corrected chi connectivity index (χ0v) is 14.4. The fraction of sp³-hybridized carbons (Fsp3) is 0.190. The molecule has 4 heteroatoms. The molecule has 0 aliphatic rings. The number of fused-ring (bicyclic) bond motifs is 1. The van der Waals surface area contributed by atoms with Crippen molar-refractivity contribution in [3.8, 4) is 11.5 Å². The van der Waals surface area contributed by atoms with E-state index in [4.69, 9.17) is 9.47 Å². The van der Waals surface area contributed by atoms with Gasteiger partial charge in [0.15, 0.2) is 11.5 Å². The van der Waals surface area contributed by atoms with Crippen LogP contribution in [-0.2, 0) is 11.2 Å². The van der Waals surface area contributed by atoms with Crippen LogP contribution in [0.15, 0.2) is 60.7 Å². The molecular formula is C21H21NO3. The molecule has 0 aliphatic carbocycles. The first-order chi connectivity index (χ1) is 12.2. The number of nitrogens with one attached hydrogen (secondary N) is 1. The maximum absolute atomic E-state index is 12.3. The van der Waals surface area contributed by atoms with Gasteiger partial charge in [-0.3, -0.25) is 4.79 Å². The second-order valence-electron chi connectivity index (χ2n) is 5.76. The number of carbonyl (C=O) groups excluding carboxylic acids is 1. The molecule has 0 aromatic heterocycles. The molecule has 0 saturated carbocycles. The van der Waals surface area contributed by atoms with Crippen LogP contribution in [0, 0.1) is 0 Å². The monoisotopic (exact) mass is 335 g/mol. The van der Waals surface area contributed by atoms with E-state index in [-0.39, 0.29) is 5.91 Å². The van der Waals surface area contributed by atoms with E-state index in [1.165, 1.54) is 0 Å². The Morgan fingerprint density at radius 2 is 1.72 bits per heavy atom. The van der Waals surface area contributed by atoms with Crippen molar-refractivity contribution in [2.75, 3.05) is 19.5 Å². The van der Waals surface area contributed by atoms with E-state index < -0.39 is 0 Å². The maximum Gasteiger partial charge on any atom is 0.224 e. The summed E-state index contributed by atoms with van der Waals surface area (Å²) in [5.74, 6) is 1.33. The fourth-order valence-corrected chi connectivity index (χ4v) is 2.89. The van der Waals surface area contributed by atoms with Gasteiger partial charge < -0.3 is 14.8 Å². The van der Waals surface area contributed by atoms with E-state index in [2.05, 4.69) is 11.4 Å². The van der Waals surface area contributed by atoms with Crippen LogP contribution in [0.1, 0.15) is 12.0 Å². The van der Waals surface area contributed by atoms with Crippen molar-refractivity contribution in [2.45, 2.75) is 12.8 Å². The highest BCUT2D eigenvalue weighted by Gasteiger charge is 2.11. The Kier molecular flexibility index (Phi) is 5.19. The first kappa shape index (κ1) is 16.8. The largest absolute Gasteiger partial charge is 0.493 e. The summed E-state index contributed by atoms with van der Waals surface area (Å²) in [6.07, 6.45) is 0.955. The van der Waals surface area contributed by atoms with Crippen LogP contribution < -0.4 is 14.8 Å². The molecule has 0 aliphatic heterocycles. The summed E-state index contributed by atoms with van der Waals surface area (Å²) >= 11 is 0. The summed E-state index contributed by atoms with van der Waals surface area (Å²) < 4.78 is 10.7. The van der Waals surface area contributed by atoms with Crippen LogP contribution >= 0.6 is 0 Å². The Balaban J connectivity index is 1.66. The summed E-state index contributed by atoms with van der Waals surface area (Å²) in [6.45, 7) is 0. The number of rotatable bonds is 6. The van der Waals surface area contributed by atoms with Gasteiger partial charge in [-0.05, 0) is 41.0 Å². The zero-order chi connectivity index (χ0) is 17.6. The SMILES string of the molecule is COc1cccc(CCC(=O)Nc2ccc3ccccc3c2)c1OC. The van der Waals surface area contributed by atoms with Crippen molar-refractivity contribution >= 4 is 22.4 Å². The Bertz CT molecular complexity index is 889. The Labute approximate surface area is 147 Å². The van der Waals surface area contributed by atoms with Crippen molar-refractivity contribution in [3.05, 3.63) is 66.2 Å². The van der Waals surface area contributed by atoms with Gasteiger partial charge in [-0.1, -0.05) is 42.5 Å². The summed E-state index contributed by atoms with van der Waals surface area (Å²) in [5, 5.41) is 5.22. The van der Waals surface area contributed by atoms with Gasteiger partial charge in [-0.25, -0.2) is 0 Å². The van der Waals surface area contributed by atoms with Crippen LogP contribution in [0.5, 0.6) is 11.5 Å². The topological polar surface area (TPSA) is 47.6 Å². The minimum absolute atomic E-state index is 0.0276. The van der Waals surface area contributed by atoms with Crippen molar-refractivity contribution in [2.24, 2.45) is 0 Å². The second kappa shape index (κ2) is 7.71. The third-order valence-electron chi connectivity index (χ3n) is 4.14. The van der Waals surface area contributed by atoms with Gasteiger partial charge in [-0.2, -0.15) is 0 Å². The summed E-state index contributed by atoms with van der Waals surface area (Å²) in [4.78, 5) is 12.3. The highest BCUT2D eigenvalue weighted by Crippen LogP contribution is 2.31. The van der Waals surface area contributed by atoms with Crippen molar-refractivity contribution < 1.29 is 14.3 Å². The van der Waals surface area contributed by atoms with E-state index in [9.17, 15) is 4.79 Å². The van der Waals surface area contributed by atoms with Gasteiger partial charge in [0.25, 0.3) is 0 Å². The molecule has 0 saturated heterocycles. The van der Waals surface area contributed by atoms with E-state index in [0.29, 0.717) is 24.3 Å². The summed E-state index contributed by atoms with van der Waals surface area (Å²) in [6, 6.07) is 19.7. The number of anilines is 1. The molecule has 4 nitrogen and oxygen atoms in total. The molecule has 0 spiro atoms. The Morgan fingerprint density at radius 3 is 2.48 bits per heavy atom. The Morgan fingerprint density at radius 1 is 0.920 bits per heavy atom. The molecular weight excluding hydrogens is 314 g/mol. The van der Waals surface area contributed by atoms with Gasteiger partial charge in [0.05, 0.1) is 14.2 Å². The van der Waals surface area contributed by atoms with Crippen LogP contribution in [0.3, 0.4) is 0 Å². The molecule has 1 N–H and O–H groups in total. The quantitative estimate of drug-likeness (QED) is 0.725. The van der Waals surface area contributed by atoms with Crippen LogP contribution in [0.2, 0.25) is 0 Å². The normalized spacial score (nSPS) is 10.5. The minimum atomic E-state index is -0.0276. The zero-order valence-electron chi connectivity index (χ0n) is 14.4. The van der Waals surface area contributed by atoms with Crippen LogP contribution in [0.25, 0.3) is 10.8 Å². The van der Waals surface area contributed by atoms with Crippen LogP contribution in [-0.4, -0.2) is 20.1 Å². The lowest BCUT2D eigenvalue weighted by atomic mass is 10.1. The molecule has 0 atom stereocenters. The molecule has 1 amide bonds. The predicted molar refractivity (Wildman–Crippen MR) is 100 cm³/mol. The first-order valence-electron chi connectivity index (χ1n) is 8.20. The molecule has 0 bridgehead atoms. The lowest BCUT2D eigenvalue weighted by Gasteiger charge is -2.12. The predicted octanol–water partition coefficient (Wildman–Crippen LogP) is 4.43. The van der Waals surface area contributed by atoms with E-state index in [0.717, 1.165) is 22.0 Å². The number of aryl methyl sites for hydroxylation is 1. The number of hydrogen-bond acceptors (Lipinski definition) is 3. The molecule has 0 radical (unpaired) electrons. The van der Waals surface area contributed by atoms with Crippen molar-refractivity contribution in [1.82, 2.24) is 0 Å². The highest BCUT2D eigenvalue weighted by molar-refractivity contribution is 5.94. The highest BCUT2D eigenvalue weighted by atomic mass is 16.5.